The van der Waals surface area contributed by atoms with Crippen LogP contribution in [0.25, 0.3) is 11.0 Å². The van der Waals surface area contributed by atoms with E-state index in [1.807, 2.05) is 11.0 Å². The summed E-state index contributed by atoms with van der Waals surface area (Å²) in [5.41, 5.74) is 1.85. The fraction of sp³-hybridized carbons (Fsp3) is 0.391. The van der Waals surface area contributed by atoms with Crippen molar-refractivity contribution >= 4 is 22.8 Å². The summed E-state index contributed by atoms with van der Waals surface area (Å²) in [5.74, 6) is 0.213. The van der Waals surface area contributed by atoms with Crippen molar-refractivity contribution in [3.8, 4) is 0 Å². The van der Waals surface area contributed by atoms with Gasteiger partial charge in [0.2, 0.25) is 5.91 Å². The van der Waals surface area contributed by atoms with Crippen molar-refractivity contribution in [2.45, 2.75) is 37.6 Å². The quantitative estimate of drug-likeness (QED) is 0.705. The number of aromatic nitrogens is 3. The molecule has 2 aliphatic heterocycles. The number of carbonyl (C=O) groups is 2. The molecule has 0 radical (unpaired) electrons. The number of likely N-dealkylation sites (tertiary alicyclic amines) is 2. The predicted octanol–water partition coefficient (Wildman–Crippen LogP) is 3.11. The molecule has 1 unspecified atom stereocenters. The Hall–Kier alpha value is -3.29. The number of halogens is 1. The number of amides is 2. The summed E-state index contributed by atoms with van der Waals surface area (Å²) >= 11 is 0. The molecule has 0 aliphatic carbocycles. The predicted molar refractivity (Wildman–Crippen MR) is 113 cm³/mol. The fourth-order valence-electron chi connectivity index (χ4n) is 4.71. The molecular weight excluding hydrogens is 397 g/mol. The van der Waals surface area contributed by atoms with E-state index in [2.05, 4.69) is 15.0 Å². The minimum Gasteiger partial charge on any atom is -0.341 e. The first-order chi connectivity index (χ1) is 15.1. The molecule has 1 aromatic carbocycles. The van der Waals surface area contributed by atoms with Crippen LogP contribution in [-0.2, 0) is 4.79 Å². The molecule has 1 atom stereocenters. The zero-order valence-corrected chi connectivity index (χ0v) is 17.1. The second-order valence-corrected chi connectivity index (χ2v) is 8.25. The molecule has 5 rings (SSSR count). The number of carbonyl (C=O) groups excluding carboxylic acids is 2. The Morgan fingerprint density at radius 3 is 2.65 bits per heavy atom. The second kappa shape index (κ2) is 8.09. The number of piperidine rings is 1. The fourth-order valence-corrected chi connectivity index (χ4v) is 4.71. The SMILES string of the molecule is O=C(C1CCCN1C(=O)c1ccccc1F)N1CCC(c2nc3ccncc3[nH]2)CC1. The maximum atomic E-state index is 14.1. The lowest BCUT2D eigenvalue weighted by Gasteiger charge is -2.35. The number of nitrogens with zero attached hydrogens (tertiary/aromatic N) is 4. The monoisotopic (exact) mass is 421 g/mol. The summed E-state index contributed by atoms with van der Waals surface area (Å²) in [6.45, 7) is 1.72. The number of imidazole rings is 1. The minimum absolute atomic E-state index is 0.0280. The third-order valence-electron chi connectivity index (χ3n) is 6.40. The van der Waals surface area contributed by atoms with Crippen LogP contribution >= 0.6 is 0 Å². The molecule has 2 saturated heterocycles. The molecular formula is C23H24FN5O2. The van der Waals surface area contributed by atoms with Gasteiger partial charge in [-0.05, 0) is 43.9 Å². The van der Waals surface area contributed by atoms with Gasteiger partial charge in [0.15, 0.2) is 0 Å². The summed E-state index contributed by atoms with van der Waals surface area (Å²) in [4.78, 5) is 41.6. The van der Waals surface area contributed by atoms with E-state index < -0.39 is 17.8 Å². The molecule has 2 fully saturated rings. The molecule has 31 heavy (non-hydrogen) atoms. The molecule has 0 saturated carbocycles. The number of H-pyrrole nitrogens is 1. The Bertz CT molecular complexity index is 1090. The standard InChI is InChI=1S/C23H24FN5O2/c24-17-5-2-1-4-16(17)22(30)29-11-3-6-20(29)23(31)28-12-8-15(9-13-28)21-26-18-7-10-25-14-19(18)27-21/h1-2,4-5,7,10,14-15,20H,3,6,8-9,11-13H2,(H,26,27). The lowest BCUT2D eigenvalue weighted by molar-refractivity contribution is -0.136. The van der Waals surface area contributed by atoms with Gasteiger partial charge < -0.3 is 14.8 Å². The minimum atomic E-state index is -0.549. The van der Waals surface area contributed by atoms with Crippen LogP contribution in [0, 0.1) is 5.82 Å². The van der Waals surface area contributed by atoms with Crippen LogP contribution in [0.1, 0.15) is 47.8 Å². The number of nitrogens with one attached hydrogen (secondary N) is 1. The Kier molecular flexibility index (Phi) is 5.13. The summed E-state index contributed by atoms with van der Waals surface area (Å²) in [5, 5.41) is 0. The number of pyridine rings is 1. The van der Waals surface area contributed by atoms with Gasteiger partial charge in [0, 0.05) is 31.7 Å². The third kappa shape index (κ3) is 3.66. The van der Waals surface area contributed by atoms with Crippen molar-refractivity contribution < 1.29 is 14.0 Å². The summed E-state index contributed by atoms with van der Waals surface area (Å²) < 4.78 is 14.1. The third-order valence-corrected chi connectivity index (χ3v) is 6.40. The second-order valence-electron chi connectivity index (χ2n) is 8.25. The van der Waals surface area contributed by atoms with Crippen molar-refractivity contribution in [3.05, 3.63) is 59.9 Å². The summed E-state index contributed by atoms with van der Waals surface area (Å²) in [6.07, 6.45) is 6.49. The van der Waals surface area contributed by atoms with Gasteiger partial charge in [0.1, 0.15) is 17.7 Å². The number of hydrogen-bond donors (Lipinski definition) is 1. The topological polar surface area (TPSA) is 82.2 Å². The number of fused-ring (bicyclic) bond motifs is 1. The highest BCUT2D eigenvalue weighted by molar-refractivity contribution is 5.98. The smallest absolute Gasteiger partial charge is 0.257 e. The van der Waals surface area contributed by atoms with E-state index in [4.69, 9.17) is 0 Å². The van der Waals surface area contributed by atoms with Gasteiger partial charge in [-0.15, -0.1) is 0 Å². The van der Waals surface area contributed by atoms with E-state index in [0.717, 1.165) is 36.1 Å². The van der Waals surface area contributed by atoms with Crippen LogP contribution in [0.5, 0.6) is 0 Å². The van der Waals surface area contributed by atoms with Crippen LogP contribution in [0.2, 0.25) is 0 Å². The lowest BCUT2D eigenvalue weighted by Crippen LogP contribution is -2.50. The Morgan fingerprint density at radius 2 is 1.87 bits per heavy atom. The molecule has 7 nitrogen and oxygen atoms in total. The first kappa shape index (κ1) is 19.7. The van der Waals surface area contributed by atoms with Crippen LogP contribution in [0.4, 0.5) is 4.39 Å². The average Bonchev–Trinajstić information content (AvgIpc) is 3.46. The van der Waals surface area contributed by atoms with Crippen LogP contribution in [0.15, 0.2) is 42.7 Å². The van der Waals surface area contributed by atoms with Crippen molar-refractivity contribution in [3.63, 3.8) is 0 Å². The highest BCUT2D eigenvalue weighted by Gasteiger charge is 2.38. The maximum absolute atomic E-state index is 14.1. The van der Waals surface area contributed by atoms with Gasteiger partial charge in [-0.3, -0.25) is 14.6 Å². The van der Waals surface area contributed by atoms with E-state index >= 15 is 0 Å². The molecule has 2 amide bonds. The van der Waals surface area contributed by atoms with E-state index in [-0.39, 0.29) is 17.4 Å². The molecule has 160 valence electrons. The highest BCUT2D eigenvalue weighted by Crippen LogP contribution is 2.30. The Balaban J connectivity index is 1.25. The first-order valence-corrected chi connectivity index (χ1v) is 10.8. The molecule has 4 heterocycles. The summed E-state index contributed by atoms with van der Waals surface area (Å²) in [6, 6.07) is 7.32. The molecule has 0 bridgehead atoms. The van der Waals surface area contributed by atoms with Gasteiger partial charge in [-0.1, -0.05) is 12.1 Å². The first-order valence-electron chi connectivity index (χ1n) is 10.8. The van der Waals surface area contributed by atoms with Crippen molar-refractivity contribution in [2.75, 3.05) is 19.6 Å². The van der Waals surface area contributed by atoms with Gasteiger partial charge in [-0.2, -0.15) is 0 Å². The number of hydrogen-bond acceptors (Lipinski definition) is 4. The van der Waals surface area contributed by atoms with Gasteiger partial charge in [0.25, 0.3) is 5.91 Å². The molecule has 2 aromatic heterocycles. The van der Waals surface area contributed by atoms with Crippen molar-refractivity contribution in [1.82, 2.24) is 24.8 Å². The van der Waals surface area contributed by atoms with Crippen molar-refractivity contribution in [1.29, 1.82) is 0 Å². The Morgan fingerprint density at radius 1 is 1.06 bits per heavy atom. The van der Waals surface area contributed by atoms with E-state index in [1.165, 1.54) is 12.1 Å². The maximum Gasteiger partial charge on any atom is 0.257 e. The van der Waals surface area contributed by atoms with Crippen LogP contribution in [0.3, 0.4) is 0 Å². The average molecular weight is 421 g/mol. The molecule has 8 heteroatoms. The zero-order valence-electron chi connectivity index (χ0n) is 17.1. The zero-order chi connectivity index (χ0) is 21.4. The molecule has 3 aromatic rings. The lowest BCUT2D eigenvalue weighted by atomic mass is 9.95. The van der Waals surface area contributed by atoms with E-state index in [0.29, 0.717) is 26.1 Å². The Labute approximate surface area is 179 Å². The molecule has 2 aliphatic rings. The van der Waals surface area contributed by atoms with Gasteiger partial charge in [0.05, 0.1) is 22.8 Å². The number of benzene rings is 1. The summed E-state index contributed by atoms with van der Waals surface area (Å²) in [7, 11) is 0. The normalized spacial score (nSPS) is 19.8. The largest absolute Gasteiger partial charge is 0.341 e. The molecule has 1 N–H and O–H groups in total. The van der Waals surface area contributed by atoms with Gasteiger partial charge >= 0.3 is 0 Å². The van der Waals surface area contributed by atoms with Gasteiger partial charge in [-0.25, -0.2) is 9.37 Å². The highest BCUT2D eigenvalue weighted by atomic mass is 19.1. The molecule has 0 spiro atoms. The van der Waals surface area contributed by atoms with Crippen LogP contribution in [-0.4, -0.2) is 62.2 Å². The van der Waals surface area contributed by atoms with Crippen molar-refractivity contribution in [2.24, 2.45) is 0 Å². The van der Waals surface area contributed by atoms with E-state index in [1.54, 1.807) is 29.4 Å². The van der Waals surface area contributed by atoms with Crippen LogP contribution < -0.4 is 0 Å². The number of aromatic amines is 1. The number of rotatable bonds is 3. The van der Waals surface area contributed by atoms with E-state index in [9.17, 15) is 14.0 Å².